The van der Waals surface area contributed by atoms with Crippen LogP contribution in [-0.4, -0.2) is 31.6 Å². The monoisotopic (exact) mass is 378 g/mol. The zero-order valence-corrected chi connectivity index (χ0v) is 14.1. The van der Waals surface area contributed by atoms with Gasteiger partial charge in [0.1, 0.15) is 11.3 Å². The van der Waals surface area contributed by atoms with Gasteiger partial charge in [-0.25, -0.2) is 9.59 Å². The van der Waals surface area contributed by atoms with Crippen LogP contribution in [0.5, 0.6) is 5.75 Å². The van der Waals surface area contributed by atoms with E-state index in [0.29, 0.717) is 5.56 Å². The lowest BCUT2D eigenvalue weighted by atomic mass is 10.1. The lowest BCUT2D eigenvalue weighted by Gasteiger charge is -2.18. The molecule has 0 bridgehead atoms. The minimum atomic E-state index is -3.14. The number of rotatable bonds is 6. The summed E-state index contributed by atoms with van der Waals surface area (Å²) in [5, 5.41) is 4.22. The van der Waals surface area contributed by atoms with Crippen molar-refractivity contribution in [3.63, 3.8) is 0 Å². The van der Waals surface area contributed by atoms with E-state index in [1.54, 1.807) is 18.2 Å². The molecule has 2 aromatic rings. The van der Waals surface area contributed by atoms with Crippen molar-refractivity contribution in [2.24, 2.45) is 0 Å². The number of hydrogen-bond donors (Lipinski definition) is 2. The van der Waals surface area contributed by atoms with Gasteiger partial charge in [-0.05, 0) is 12.1 Å². The second kappa shape index (κ2) is 9.27. The topological polar surface area (TPSA) is 93.7 Å². The Labute approximate surface area is 153 Å². The first-order chi connectivity index (χ1) is 12.9. The largest absolute Gasteiger partial charge is 0.444 e. The first-order valence-corrected chi connectivity index (χ1v) is 7.74. The van der Waals surface area contributed by atoms with Gasteiger partial charge in [-0.15, -0.1) is 0 Å². The van der Waals surface area contributed by atoms with Gasteiger partial charge >= 0.3 is 18.6 Å². The Balaban J connectivity index is 2.29. The highest BCUT2D eigenvalue weighted by Gasteiger charge is 2.28. The smallest absolute Gasteiger partial charge is 0.387 e. The van der Waals surface area contributed by atoms with E-state index >= 15 is 0 Å². The maximum absolute atomic E-state index is 12.5. The Bertz CT molecular complexity index is 814. The van der Waals surface area contributed by atoms with E-state index in [0.717, 1.165) is 0 Å². The molecule has 0 aromatic heterocycles. The zero-order valence-electron chi connectivity index (χ0n) is 14.1. The maximum atomic E-state index is 12.5. The first kappa shape index (κ1) is 19.8. The number of nitrogens with one attached hydrogen (secondary N) is 2. The van der Waals surface area contributed by atoms with Crippen LogP contribution in [0.1, 0.15) is 22.0 Å². The molecule has 0 heterocycles. The third-order valence-electron chi connectivity index (χ3n) is 3.35. The molecule has 0 fully saturated rings. The maximum Gasteiger partial charge on any atom is 0.387 e. The normalized spacial score (nSPS) is 11.4. The Kier molecular flexibility index (Phi) is 6.81. The molecule has 0 saturated heterocycles. The number of imide groups is 1. The molecule has 2 rings (SSSR count). The zero-order chi connectivity index (χ0) is 19.8. The molecule has 3 amide bonds. The molecule has 0 aliphatic carbocycles. The standard InChI is InChI=1S/C18H16F2N2O5/c1-21-18(25)22-15(23)14(11-7-3-2-4-8-11)27-16(24)12-9-5-6-10-13(12)26-17(19)20/h2-10,14,17H,1H3,(H2,21,22,23,25)/t14-/m0/s1. The molecule has 27 heavy (non-hydrogen) atoms. The van der Waals surface area contributed by atoms with Gasteiger partial charge in [-0.2, -0.15) is 8.78 Å². The Morgan fingerprint density at radius 2 is 1.59 bits per heavy atom. The highest BCUT2D eigenvalue weighted by molar-refractivity contribution is 5.99. The third-order valence-corrected chi connectivity index (χ3v) is 3.35. The molecule has 0 radical (unpaired) electrons. The van der Waals surface area contributed by atoms with Crippen LogP contribution in [-0.2, 0) is 9.53 Å². The van der Waals surface area contributed by atoms with Crippen LogP contribution in [0.15, 0.2) is 54.6 Å². The molecule has 0 aliphatic heterocycles. The summed E-state index contributed by atoms with van der Waals surface area (Å²) in [5.41, 5.74) is 0.00554. The van der Waals surface area contributed by atoms with E-state index < -0.39 is 36.4 Å². The van der Waals surface area contributed by atoms with Crippen molar-refractivity contribution >= 4 is 17.9 Å². The molecule has 2 aromatic carbocycles. The van der Waals surface area contributed by atoms with Crippen LogP contribution < -0.4 is 15.4 Å². The van der Waals surface area contributed by atoms with Gasteiger partial charge in [0.25, 0.3) is 5.91 Å². The van der Waals surface area contributed by atoms with E-state index in [4.69, 9.17) is 4.74 Å². The molecule has 0 spiro atoms. The summed E-state index contributed by atoms with van der Waals surface area (Å²) in [6.07, 6.45) is -1.48. The fourth-order valence-corrected chi connectivity index (χ4v) is 2.15. The van der Waals surface area contributed by atoms with Gasteiger partial charge in [0.05, 0.1) is 0 Å². The number of hydrogen-bond acceptors (Lipinski definition) is 5. The molecular formula is C18H16F2N2O5. The summed E-state index contributed by atoms with van der Waals surface area (Å²) in [5.74, 6) is -2.36. The quantitative estimate of drug-likeness (QED) is 0.754. The predicted molar refractivity (Wildman–Crippen MR) is 90.3 cm³/mol. The summed E-state index contributed by atoms with van der Waals surface area (Å²) in [7, 11) is 1.31. The number of benzene rings is 2. The van der Waals surface area contributed by atoms with Crippen LogP contribution in [0, 0.1) is 0 Å². The van der Waals surface area contributed by atoms with Crippen molar-refractivity contribution in [3.05, 3.63) is 65.7 Å². The molecule has 7 nitrogen and oxygen atoms in total. The fraction of sp³-hybridized carbons (Fsp3) is 0.167. The van der Waals surface area contributed by atoms with Crippen molar-refractivity contribution in [2.45, 2.75) is 12.7 Å². The van der Waals surface area contributed by atoms with E-state index in [1.165, 1.54) is 43.4 Å². The molecular weight excluding hydrogens is 362 g/mol. The van der Waals surface area contributed by atoms with Crippen molar-refractivity contribution in [2.75, 3.05) is 7.05 Å². The number of alkyl halides is 2. The Hall–Kier alpha value is -3.49. The molecule has 0 unspecified atom stereocenters. The summed E-state index contributed by atoms with van der Waals surface area (Å²) in [4.78, 5) is 36.2. The highest BCUT2D eigenvalue weighted by atomic mass is 19.3. The molecule has 142 valence electrons. The number of amides is 3. The molecule has 2 N–H and O–H groups in total. The minimum absolute atomic E-state index is 0.286. The van der Waals surface area contributed by atoms with Crippen LogP contribution in [0.4, 0.5) is 13.6 Å². The Morgan fingerprint density at radius 3 is 2.22 bits per heavy atom. The van der Waals surface area contributed by atoms with E-state index in [-0.39, 0.29) is 5.56 Å². The van der Waals surface area contributed by atoms with E-state index in [2.05, 4.69) is 10.1 Å². The fourth-order valence-electron chi connectivity index (χ4n) is 2.15. The number of ether oxygens (including phenoxy) is 2. The summed E-state index contributed by atoms with van der Waals surface area (Å²) in [6, 6.07) is 12.4. The van der Waals surface area contributed by atoms with E-state index in [1.807, 2.05) is 5.32 Å². The number of halogens is 2. The molecule has 1 atom stereocenters. The first-order valence-electron chi connectivity index (χ1n) is 7.74. The number of urea groups is 1. The van der Waals surface area contributed by atoms with Crippen LogP contribution in [0.25, 0.3) is 0 Å². The minimum Gasteiger partial charge on any atom is -0.444 e. The lowest BCUT2D eigenvalue weighted by molar-refractivity contribution is -0.129. The van der Waals surface area contributed by atoms with Gasteiger partial charge in [0.15, 0.2) is 0 Å². The predicted octanol–water partition coefficient (Wildman–Crippen LogP) is 2.64. The summed E-state index contributed by atoms with van der Waals surface area (Å²) in [6.45, 7) is -3.14. The second-order valence-electron chi connectivity index (χ2n) is 5.14. The van der Waals surface area contributed by atoms with Crippen molar-refractivity contribution in [1.82, 2.24) is 10.6 Å². The average Bonchev–Trinajstić information content (AvgIpc) is 2.66. The van der Waals surface area contributed by atoms with Gasteiger partial charge in [0.2, 0.25) is 6.10 Å². The number of carbonyl (C=O) groups excluding carboxylic acids is 3. The average molecular weight is 378 g/mol. The van der Waals surface area contributed by atoms with Crippen LogP contribution in [0.3, 0.4) is 0 Å². The molecule has 9 heteroatoms. The second-order valence-corrected chi connectivity index (χ2v) is 5.14. The van der Waals surface area contributed by atoms with Crippen LogP contribution in [0.2, 0.25) is 0 Å². The Morgan fingerprint density at radius 1 is 0.963 bits per heavy atom. The van der Waals surface area contributed by atoms with Gasteiger partial charge in [-0.3, -0.25) is 10.1 Å². The van der Waals surface area contributed by atoms with Gasteiger partial charge in [-0.1, -0.05) is 42.5 Å². The van der Waals surface area contributed by atoms with E-state index in [9.17, 15) is 23.2 Å². The lowest BCUT2D eigenvalue weighted by Crippen LogP contribution is -2.41. The van der Waals surface area contributed by atoms with Crippen molar-refractivity contribution < 1.29 is 32.6 Å². The number of para-hydroxylation sites is 1. The molecule has 0 saturated carbocycles. The molecule has 0 aliphatic rings. The summed E-state index contributed by atoms with van der Waals surface area (Å²) >= 11 is 0. The number of esters is 1. The van der Waals surface area contributed by atoms with Crippen molar-refractivity contribution in [1.29, 1.82) is 0 Å². The van der Waals surface area contributed by atoms with Crippen molar-refractivity contribution in [3.8, 4) is 5.75 Å². The SMILES string of the molecule is CNC(=O)NC(=O)[C@@H](OC(=O)c1ccccc1OC(F)F)c1ccccc1. The van der Waals surface area contributed by atoms with Gasteiger partial charge < -0.3 is 14.8 Å². The van der Waals surface area contributed by atoms with Gasteiger partial charge in [0, 0.05) is 12.6 Å². The van der Waals surface area contributed by atoms with Crippen LogP contribution >= 0.6 is 0 Å². The summed E-state index contributed by atoms with van der Waals surface area (Å²) < 4.78 is 34.5. The highest BCUT2D eigenvalue weighted by Crippen LogP contribution is 2.25. The number of carbonyl (C=O) groups is 3. The third kappa shape index (κ3) is 5.50.